The van der Waals surface area contributed by atoms with E-state index in [0.29, 0.717) is 22.3 Å². The molecule has 0 saturated heterocycles. The lowest BCUT2D eigenvalue weighted by molar-refractivity contribution is -0.117. The van der Waals surface area contributed by atoms with Gasteiger partial charge in [0, 0.05) is 29.1 Å². The van der Waals surface area contributed by atoms with Gasteiger partial charge < -0.3 is 10.6 Å². The lowest BCUT2D eigenvalue weighted by atomic mass is 10.1. The summed E-state index contributed by atoms with van der Waals surface area (Å²) in [6, 6.07) is 10.9. The molecule has 2 aromatic carbocycles. The number of alkyl halides is 2. The maximum atomic E-state index is 13.1. The molecule has 0 aliphatic rings. The van der Waals surface area contributed by atoms with Gasteiger partial charge in [0.05, 0.1) is 0 Å². The van der Waals surface area contributed by atoms with Crippen molar-refractivity contribution in [3.63, 3.8) is 0 Å². The van der Waals surface area contributed by atoms with Crippen molar-refractivity contribution in [2.24, 2.45) is 5.73 Å². The van der Waals surface area contributed by atoms with Gasteiger partial charge in [-0.2, -0.15) is 8.78 Å². The highest BCUT2D eigenvalue weighted by atomic mass is 32.2. The van der Waals surface area contributed by atoms with Crippen molar-refractivity contribution < 1.29 is 22.8 Å². The number of primary amides is 1. The fourth-order valence-corrected chi connectivity index (χ4v) is 2.62. The van der Waals surface area contributed by atoms with Crippen LogP contribution < -0.4 is 10.6 Å². The number of rotatable bonds is 7. The average Bonchev–Trinajstić information content (AvgIpc) is 2.56. The molecule has 0 saturated carbocycles. The maximum Gasteiger partial charge on any atom is 0.288 e. The third-order valence-electron chi connectivity index (χ3n) is 3.29. The Hall–Kier alpha value is -2.48. The van der Waals surface area contributed by atoms with Crippen LogP contribution in [0, 0.1) is 5.82 Å². The molecular formula is C17H15F3N2O2S. The van der Waals surface area contributed by atoms with E-state index in [1.54, 1.807) is 0 Å². The second-order valence-corrected chi connectivity index (χ2v) is 6.12. The number of thioether (sulfide) groups is 1. The SMILES string of the molecule is NC(=O)CCN(C(=O)c1ccc(SC(F)F)cc1)c1ccc(F)cc1. The number of hydrogen-bond acceptors (Lipinski definition) is 3. The molecule has 0 atom stereocenters. The zero-order chi connectivity index (χ0) is 18.4. The second-order valence-electron chi connectivity index (χ2n) is 5.05. The van der Waals surface area contributed by atoms with E-state index in [-0.39, 0.29) is 18.5 Å². The first kappa shape index (κ1) is 18.9. The average molecular weight is 368 g/mol. The van der Waals surface area contributed by atoms with Gasteiger partial charge in [0.2, 0.25) is 5.91 Å². The number of nitrogens with zero attached hydrogens (tertiary/aromatic N) is 1. The Bertz CT molecular complexity index is 737. The van der Waals surface area contributed by atoms with E-state index in [4.69, 9.17) is 5.73 Å². The summed E-state index contributed by atoms with van der Waals surface area (Å²) in [7, 11) is 0. The quantitative estimate of drug-likeness (QED) is 0.759. The number of carbonyl (C=O) groups excluding carboxylic acids is 2. The van der Waals surface area contributed by atoms with Crippen LogP contribution in [0.15, 0.2) is 53.4 Å². The van der Waals surface area contributed by atoms with Gasteiger partial charge in [0.15, 0.2) is 0 Å². The molecule has 0 fully saturated rings. The first-order valence-electron chi connectivity index (χ1n) is 7.27. The van der Waals surface area contributed by atoms with E-state index in [0.717, 1.165) is 0 Å². The molecule has 132 valence electrons. The van der Waals surface area contributed by atoms with Crippen molar-refractivity contribution >= 4 is 29.3 Å². The van der Waals surface area contributed by atoms with Crippen molar-refractivity contribution in [3.8, 4) is 0 Å². The molecule has 2 amide bonds. The number of nitrogens with two attached hydrogens (primary N) is 1. The Morgan fingerprint density at radius 2 is 1.64 bits per heavy atom. The summed E-state index contributed by atoms with van der Waals surface area (Å²) in [6.07, 6.45) is -0.0670. The van der Waals surface area contributed by atoms with E-state index >= 15 is 0 Å². The van der Waals surface area contributed by atoms with Crippen LogP contribution in [0.25, 0.3) is 0 Å². The van der Waals surface area contributed by atoms with E-state index in [1.165, 1.54) is 53.4 Å². The molecule has 25 heavy (non-hydrogen) atoms. The Morgan fingerprint density at radius 3 is 2.16 bits per heavy atom. The molecule has 0 radical (unpaired) electrons. The molecule has 0 unspecified atom stereocenters. The fourth-order valence-electron chi connectivity index (χ4n) is 2.13. The molecule has 0 aromatic heterocycles. The Labute approximate surface area is 146 Å². The summed E-state index contributed by atoms with van der Waals surface area (Å²) in [4.78, 5) is 25.4. The van der Waals surface area contributed by atoms with Crippen molar-refractivity contribution in [1.29, 1.82) is 0 Å². The number of amides is 2. The molecule has 0 aliphatic carbocycles. The molecule has 2 aromatic rings. The van der Waals surface area contributed by atoms with Gasteiger partial charge in [-0.25, -0.2) is 4.39 Å². The first-order chi connectivity index (χ1) is 11.9. The molecule has 0 heterocycles. The van der Waals surface area contributed by atoms with Crippen LogP contribution in [0.5, 0.6) is 0 Å². The minimum absolute atomic E-state index is 0.0212. The van der Waals surface area contributed by atoms with Crippen molar-refractivity contribution in [2.75, 3.05) is 11.4 Å². The van der Waals surface area contributed by atoms with Gasteiger partial charge in [-0.15, -0.1) is 0 Å². The molecule has 0 bridgehead atoms. The predicted octanol–water partition coefficient (Wildman–Crippen LogP) is 3.66. The van der Waals surface area contributed by atoms with Crippen LogP contribution in [0.4, 0.5) is 18.9 Å². The highest BCUT2D eigenvalue weighted by molar-refractivity contribution is 7.99. The Balaban J connectivity index is 2.24. The van der Waals surface area contributed by atoms with Crippen molar-refractivity contribution in [3.05, 3.63) is 59.9 Å². The first-order valence-corrected chi connectivity index (χ1v) is 8.15. The van der Waals surface area contributed by atoms with Crippen LogP contribution in [0.3, 0.4) is 0 Å². The minimum atomic E-state index is -2.55. The minimum Gasteiger partial charge on any atom is -0.370 e. The van der Waals surface area contributed by atoms with Gasteiger partial charge in [0.1, 0.15) is 5.82 Å². The number of anilines is 1. The zero-order valence-electron chi connectivity index (χ0n) is 13.0. The summed E-state index contributed by atoms with van der Waals surface area (Å²) in [5.74, 6) is -4.03. The molecule has 0 spiro atoms. The Kier molecular flexibility index (Phi) is 6.46. The van der Waals surface area contributed by atoms with E-state index in [9.17, 15) is 22.8 Å². The molecule has 4 nitrogen and oxygen atoms in total. The largest absolute Gasteiger partial charge is 0.370 e. The fraction of sp³-hybridized carbons (Fsp3) is 0.176. The van der Waals surface area contributed by atoms with Crippen LogP contribution in [0.1, 0.15) is 16.8 Å². The highest BCUT2D eigenvalue weighted by Crippen LogP contribution is 2.26. The van der Waals surface area contributed by atoms with Crippen LogP contribution in [0.2, 0.25) is 0 Å². The Morgan fingerprint density at radius 1 is 1.04 bits per heavy atom. The smallest absolute Gasteiger partial charge is 0.288 e. The third kappa shape index (κ3) is 5.53. The highest BCUT2D eigenvalue weighted by Gasteiger charge is 2.19. The van der Waals surface area contributed by atoms with E-state index in [1.807, 2.05) is 0 Å². The van der Waals surface area contributed by atoms with E-state index in [2.05, 4.69) is 0 Å². The summed E-state index contributed by atoms with van der Waals surface area (Å²) >= 11 is 0.378. The standard InChI is InChI=1S/C17H15F3N2O2S/c18-12-3-5-13(6-4-12)22(10-9-15(21)23)16(24)11-1-7-14(8-2-11)25-17(19)20/h1-8,17H,9-10H2,(H2,21,23). The number of halogens is 3. The van der Waals surface area contributed by atoms with Crippen molar-refractivity contribution in [2.45, 2.75) is 17.1 Å². The van der Waals surface area contributed by atoms with Gasteiger partial charge in [-0.3, -0.25) is 9.59 Å². The van der Waals surface area contributed by atoms with Crippen LogP contribution in [-0.4, -0.2) is 24.1 Å². The van der Waals surface area contributed by atoms with Gasteiger partial charge in [-0.05, 0) is 48.5 Å². The number of benzene rings is 2. The molecule has 2 N–H and O–H groups in total. The summed E-state index contributed by atoms with van der Waals surface area (Å²) in [5, 5.41) is 0. The van der Waals surface area contributed by atoms with Gasteiger partial charge in [-0.1, -0.05) is 11.8 Å². The van der Waals surface area contributed by atoms with Gasteiger partial charge >= 0.3 is 0 Å². The summed E-state index contributed by atoms with van der Waals surface area (Å²) in [6.45, 7) is 0.0212. The third-order valence-corrected chi connectivity index (χ3v) is 4.01. The predicted molar refractivity (Wildman–Crippen MR) is 90.2 cm³/mol. The number of hydrogen-bond donors (Lipinski definition) is 1. The van der Waals surface area contributed by atoms with Crippen LogP contribution >= 0.6 is 11.8 Å². The summed E-state index contributed by atoms with van der Waals surface area (Å²) in [5.41, 5.74) is 5.80. The monoisotopic (exact) mass is 368 g/mol. The van der Waals surface area contributed by atoms with Crippen LogP contribution in [-0.2, 0) is 4.79 Å². The molecular weight excluding hydrogens is 353 g/mol. The number of carbonyl (C=O) groups is 2. The second kappa shape index (κ2) is 8.57. The lowest BCUT2D eigenvalue weighted by Crippen LogP contribution is -2.34. The van der Waals surface area contributed by atoms with Gasteiger partial charge in [0.25, 0.3) is 11.7 Å². The van der Waals surface area contributed by atoms with E-state index < -0.39 is 23.4 Å². The normalized spacial score (nSPS) is 10.7. The zero-order valence-corrected chi connectivity index (χ0v) is 13.8. The van der Waals surface area contributed by atoms with Crippen molar-refractivity contribution in [1.82, 2.24) is 0 Å². The molecule has 0 aliphatic heterocycles. The lowest BCUT2D eigenvalue weighted by Gasteiger charge is -2.22. The maximum absolute atomic E-state index is 13.1. The summed E-state index contributed by atoms with van der Waals surface area (Å²) < 4.78 is 37.8. The topological polar surface area (TPSA) is 63.4 Å². The molecule has 8 heteroatoms. The molecule has 2 rings (SSSR count).